The van der Waals surface area contributed by atoms with Crippen LogP contribution in [0.25, 0.3) is 0 Å². The average Bonchev–Trinajstić information content (AvgIpc) is 2.74. The Morgan fingerprint density at radius 3 is 2.81 bits per heavy atom. The van der Waals surface area contributed by atoms with Crippen LogP contribution < -0.4 is 5.32 Å². The van der Waals surface area contributed by atoms with Crippen LogP contribution >= 0.6 is 11.3 Å². The van der Waals surface area contributed by atoms with Crippen molar-refractivity contribution in [1.29, 1.82) is 0 Å². The molecule has 0 spiro atoms. The number of aliphatic hydroxyl groups is 1. The van der Waals surface area contributed by atoms with Gasteiger partial charge in [-0.25, -0.2) is 4.98 Å². The van der Waals surface area contributed by atoms with Gasteiger partial charge in [-0.15, -0.1) is 11.3 Å². The number of nitrogens with zero attached hydrogens (tertiary/aromatic N) is 1. The van der Waals surface area contributed by atoms with Gasteiger partial charge in [0.1, 0.15) is 0 Å². The van der Waals surface area contributed by atoms with E-state index in [1.807, 2.05) is 0 Å². The van der Waals surface area contributed by atoms with Crippen molar-refractivity contribution in [2.24, 2.45) is 0 Å². The summed E-state index contributed by atoms with van der Waals surface area (Å²) >= 11 is 1.66. The van der Waals surface area contributed by atoms with Crippen LogP contribution in [0.5, 0.6) is 0 Å². The Labute approximate surface area is 101 Å². The summed E-state index contributed by atoms with van der Waals surface area (Å²) in [6.45, 7) is 8.10. The minimum absolute atomic E-state index is 0.102. The van der Waals surface area contributed by atoms with Crippen molar-refractivity contribution in [1.82, 2.24) is 10.3 Å². The third-order valence-corrected chi connectivity index (χ3v) is 3.87. The Bertz CT molecular complexity index is 361. The van der Waals surface area contributed by atoms with Gasteiger partial charge in [-0.05, 0) is 13.0 Å². The predicted molar refractivity (Wildman–Crippen MR) is 67.0 cm³/mol. The van der Waals surface area contributed by atoms with E-state index in [0.717, 1.165) is 23.7 Å². The summed E-state index contributed by atoms with van der Waals surface area (Å²) in [7, 11) is 0. The molecule has 1 aromatic rings. The maximum atomic E-state index is 10.3. The maximum Gasteiger partial charge on any atom is 0.0957 e. The summed E-state index contributed by atoms with van der Waals surface area (Å²) in [6, 6.07) is 0. The van der Waals surface area contributed by atoms with E-state index in [1.54, 1.807) is 11.3 Å². The van der Waals surface area contributed by atoms with Gasteiger partial charge in [-0.3, -0.25) is 0 Å². The highest BCUT2D eigenvalue weighted by Crippen LogP contribution is 2.27. The normalized spacial score (nSPS) is 26.2. The molecule has 16 heavy (non-hydrogen) atoms. The van der Waals surface area contributed by atoms with Crippen LogP contribution in [0.1, 0.15) is 37.9 Å². The molecule has 90 valence electrons. The largest absolute Gasteiger partial charge is 0.388 e. The van der Waals surface area contributed by atoms with E-state index in [0.29, 0.717) is 13.0 Å². The van der Waals surface area contributed by atoms with Crippen molar-refractivity contribution in [3.8, 4) is 0 Å². The van der Waals surface area contributed by atoms with Gasteiger partial charge in [-0.2, -0.15) is 0 Å². The zero-order valence-electron chi connectivity index (χ0n) is 10.2. The molecule has 2 heterocycles. The van der Waals surface area contributed by atoms with E-state index in [1.165, 1.54) is 0 Å². The van der Waals surface area contributed by atoms with Gasteiger partial charge in [0.05, 0.1) is 16.3 Å². The fourth-order valence-corrected chi connectivity index (χ4v) is 3.06. The van der Waals surface area contributed by atoms with Crippen LogP contribution in [0.2, 0.25) is 0 Å². The van der Waals surface area contributed by atoms with Crippen molar-refractivity contribution in [3.05, 3.63) is 16.1 Å². The van der Waals surface area contributed by atoms with Crippen molar-refractivity contribution < 1.29 is 5.11 Å². The van der Waals surface area contributed by atoms with Gasteiger partial charge in [0.15, 0.2) is 0 Å². The summed E-state index contributed by atoms with van der Waals surface area (Å²) in [6.07, 6.45) is 1.51. The van der Waals surface area contributed by atoms with E-state index >= 15 is 0 Å². The number of rotatable bonds is 2. The van der Waals surface area contributed by atoms with E-state index in [2.05, 4.69) is 36.5 Å². The Balaban J connectivity index is 2.08. The highest BCUT2D eigenvalue weighted by atomic mass is 32.1. The molecule has 2 N–H and O–H groups in total. The standard InChI is InChI=1S/C12H20N2OS/c1-11(2,3)9-7-16-10(14-9)6-12(15)4-5-13-8-12/h7,13,15H,4-6,8H2,1-3H3. The number of thiazole rings is 1. The first kappa shape index (κ1) is 12.0. The molecule has 0 radical (unpaired) electrons. The molecule has 0 saturated carbocycles. The zero-order chi connectivity index (χ0) is 11.8. The van der Waals surface area contributed by atoms with Crippen molar-refractivity contribution in [3.63, 3.8) is 0 Å². The first-order chi connectivity index (χ1) is 7.39. The van der Waals surface area contributed by atoms with E-state index < -0.39 is 5.60 Å². The molecule has 2 rings (SSSR count). The fourth-order valence-electron chi connectivity index (χ4n) is 1.90. The molecule has 1 saturated heterocycles. The topological polar surface area (TPSA) is 45.1 Å². The average molecular weight is 240 g/mol. The van der Waals surface area contributed by atoms with Crippen LogP contribution in [-0.4, -0.2) is 28.8 Å². The van der Waals surface area contributed by atoms with Crippen molar-refractivity contribution >= 4 is 11.3 Å². The maximum absolute atomic E-state index is 10.3. The van der Waals surface area contributed by atoms with E-state index in [4.69, 9.17) is 0 Å². The summed E-state index contributed by atoms with van der Waals surface area (Å²) in [4.78, 5) is 4.62. The molecule has 4 heteroatoms. The molecule has 1 atom stereocenters. The molecule has 0 amide bonds. The first-order valence-corrected chi connectivity index (χ1v) is 6.65. The molecule has 3 nitrogen and oxygen atoms in total. The minimum Gasteiger partial charge on any atom is -0.388 e. The molecule has 1 aromatic heterocycles. The van der Waals surface area contributed by atoms with Crippen molar-refractivity contribution in [2.75, 3.05) is 13.1 Å². The second kappa shape index (κ2) is 4.09. The lowest BCUT2D eigenvalue weighted by molar-refractivity contribution is 0.0618. The third-order valence-electron chi connectivity index (χ3n) is 3.02. The van der Waals surface area contributed by atoms with Gasteiger partial charge in [-0.1, -0.05) is 20.8 Å². The van der Waals surface area contributed by atoms with Gasteiger partial charge in [0, 0.05) is 23.8 Å². The molecule has 0 bridgehead atoms. The third kappa shape index (κ3) is 2.62. The predicted octanol–water partition coefficient (Wildman–Crippen LogP) is 1.71. The Morgan fingerprint density at radius 1 is 1.56 bits per heavy atom. The summed E-state index contributed by atoms with van der Waals surface area (Å²) in [5.74, 6) is 0. The fraction of sp³-hybridized carbons (Fsp3) is 0.750. The molecular weight excluding hydrogens is 220 g/mol. The van der Waals surface area contributed by atoms with E-state index in [-0.39, 0.29) is 5.41 Å². The summed E-state index contributed by atoms with van der Waals surface area (Å²) in [5, 5.41) is 16.6. The molecule has 1 aliphatic rings. The van der Waals surface area contributed by atoms with Gasteiger partial charge in [0.2, 0.25) is 0 Å². The second-order valence-corrected chi connectivity index (χ2v) is 6.65. The van der Waals surface area contributed by atoms with Crippen LogP contribution in [0.4, 0.5) is 0 Å². The minimum atomic E-state index is -0.576. The molecular formula is C12H20N2OS. The van der Waals surface area contributed by atoms with Crippen LogP contribution in [0.3, 0.4) is 0 Å². The molecule has 1 aliphatic heterocycles. The highest BCUT2D eigenvalue weighted by molar-refractivity contribution is 7.09. The van der Waals surface area contributed by atoms with Gasteiger partial charge < -0.3 is 10.4 Å². The number of hydrogen-bond acceptors (Lipinski definition) is 4. The number of β-amino-alcohol motifs (C(OH)–C–C–N with tert-alkyl or cyclic N) is 1. The molecule has 1 fully saturated rings. The second-order valence-electron chi connectivity index (χ2n) is 5.70. The van der Waals surface area contributed by atoms with Gasteiger partial charge in [0.25, 0.3) is 0 Å². The van der Waals surface area contributed by atoms with Crippen molar-refractivity contribution in [2.45, 2.75) is 44.6 Å². The first-order valence-electron chi connectivity index (χ1n) is 5.77. The Hall–Kier alpha value is -0.450. The highest BCUT2D eigenvalue weighted by Gasteiger charge is 2.32. The van der Waals surface area contributed by atoms with Crippen LogP contribution in [-0.2, 0) is 11.8 Å². The Kier molecular flexibility index (Phi) is 3.07. The lowest BCUT2D eigenvalue weighted by atomic mass is 9.93. The number of nitrogens with one attached hydrogen (secondary N) is 1. The van der Waals surface area contributed by atoms with Gasteiger partial charge >= 0.3 is 0 Å². The van der Waals surface area contributed by atoms with Crippen LogP contribution in [0.15, 0.2) is 5.38 Å². The molecule has 0 aliphatic carbocycles. The number of hydrogen-bond donors (Lipinski definition) is 2. The zero-order valence-corrected chi connectivity index (χ0v) is 11.0. The SMILES string of the molecule is CC(C)(C)c1csc(CC2(O)CCNC2)n1. The molecule has 1 unspecified atom stereocenters. The molecule has 0 aromatic carbocycles. The van der Waals surface area contributed by atoms with E-state index in [9.17, 15) is 5.11 Å². The number of aromatic nitrogens is 1. The lowest BCUT2D eigenvalue weighted by Gasteiger charge is -2.19. The Morgan fingerprint density at radius 2 is 2.31 bits per heavy atom. The monoisotopic (exact) mass is 240 g/mol. The quantitative estimate of drug-likeness (QED) is 0.827. The summed E-state index contributed by atoms with van der Waals surface area (Å²) < 4.78 is 0. The summed E-state index contributed by atoms with van der Waals surface area (Å²) in [5.41, 5.74) is 0.653. The smallest absolute Gasteiger partial charge is 0.0957 e. The lowest BCUT2D eigenvalue weighted by Crippen LogP contribution is -2.33. The van der Waals surface area contributed by atoms with Crippen LogP contribution in [0, 0.1) is 0 Å².